The van der Waals surface area contributed by atoms with Gasteiger partial charge in [0.15, 0.2) is 10.8 Å². The molecule has 1 amide bonds. The zero-order valence-electron chi connectivity index (χ0n) is 13.9. The van der Waals surface area contributed by atoms with Crippen LogP contribution in [0, 0.1) is 0 Å². The van der Waals surface area contributed by atoms with Crippen LogP contribution in [0.15, 0.2) is 55.1 Å². The Kier molecular flexibility index (Phi) is 4.32. The number of carbonyl (C=O) groups is 1. The maximum atomic E-state index is 12.5. The molecule has 0 saturated carbocycles. The van der Waals surface area contributed by atoms with E-state index in [2.05, 4.69) is 20.4 Å². The quantitative estimate of drug-likeness (QED) is 0.588. The van der Waals surface area contributed by atoms with E-state index in [0.717, 1.165) is 22.6 Å². The Morgan fingerprint density at radius 1 is 1.27 bits per heavy atom. The highest BCUT2D eigenvalue weighted by molar-refractivity contribution is 7.15. The van der Waals surface area contributed by atoms with Gasteiger partial charge in [-0.05, 0) is 23.8 Å². The molecule has 0 aliphatic carbocycles. The summed E-state index contributed by atoms with van der Waals surface area (Å²) in [6.45, 7) is 0. The minimum atomic E-state index is -0.277. The summed E-state index contributed by atoms with van der Waals surface area (Å²) in [4.78, 5) is 22.0. The van der Waals surface area contributed by atoms with Crippen molar-refractivity contribution in [1.82, 2.24) is 19.6 Å². The largest absolute Gasteiger partial charge is 0.497 e. The second-order valence-electron chi connectivity index (χ2n) is 5.56. The molecule has 0 aliphatic heterocycles. The molecule has 1 N–H and O–H groups in total. The van der Waals surface area contributed by atoms with Gasteiger partial charge in [0.2, 0.25) is 0 Å². The molecule has 8 heteroatoms. The van der Waals surface area contributed by atoms with Crippen LogP contribution in [0.25, 0.3) is 5.65 Å². The van der Waals surface area contributed by atoms with Crippen molar-refractivity contribution in [2.75, 3.05) is 12.4 Å². The Labute approximate surface area is 153 Å². The van der Waals surface area contributed by atoms with Crippen molar-refractivity contribution in [3.05, 3.63) is 71.1 Å². The molecule has 26 heavy (non-hydrogen) atoms. The van der Waals surface area contributed by atoms with Crippen molar-refractivity contribution in [1.29, 1.82) is 0 Å². The number of ether oxygens (including phenoxy) is 1. The predicted octanol–water partition coefficient (Wildman–Crippen LogP) is 3.04. The molecule has 0 fully saturated rings. The second kappa shape index (κ2) is 6.93. The van der Waals surface area contributed by atoms with Crippen LogP contribution in [0.5, 0.6) is 5.75 Å². The SMILES string of the molecule is COc1cccc(Cc2cnc(NC(=O)c3cnn4cccnc34)s2)c1. The Balaban J connectivity index is 1.48. The van der Waals surface area contributed by atoms with Gasteiger partial charge >= 0.3 is 0 Å². The number of amides is 1. The first-order valence-corrected chi connectivity index (χ1v) is 8.72. The zero-order chi connectivity index (χ0) is 17.9. The Hall–Kier alpha value is -3.26. The number of hydrogen-bond acceptors (Lipinski definition) is 6. The van der Waals surface area contributed by atoms with Crippen molar-refractivity contribution in [3.63, 3.8) is 0 Å². The minimum Gasteiger partial charge on any atom is -0.497 e. The van der Waals surface area contributed by atoms with Gasteiger partial charge in [-0.25, -0.2) is 14.5 Å². The number of hydrogen-bond donors (Lipinski definition) is 1. The molecule has 0 radical (unpaired) electrons. The first-order chi connectivity index (χ1) is 12.7. The van der Waals surface area contributed by atoms with Gasteiger partial charge in [0, 0.05) is 29.9 Å². The molecule has 0 saturated heterocycles. The molecular weight excluding hydrogens is 350 g/mol. The van der Waals surface area contributed by atoms with Crippen LogP contribution in [0.4, 0.5) is 5.13 Å². The summed E-state index contributed by atoms with van der Waals surface area (Å²) in [6, 6.07) is 9.64. The molecule has 0 spiro atoms. The number of rotatable bonds is 5. The summed E-state index contributed by atoms with van der Waals surface area (Å²) in [7, 11) is 1.65. The summed E-state index contributed by atoms with van der Waals surface area (Å²) < 4.78 is 6.80. The lowest BCUT2D eigenvalue weighted by Gasteiger charge is -2.02. The smallest absolute Gasteiger partial charge is 0.262 e. The van der Waals surface area contributed by atoms with E-state index >= 15 is 0 Å². The molecule has 4 aromatic rings. The number of benzene rings is 1. The average molecular weight is 365 g/mol. The fraction of sp³-hybridized carbons (Fsp3) is 0.111. The summed E-state index contributed by atoms with van der Waals surface area (Å²) in [5, 5.41) is 7.48. The molecular formula is C18H15N5O2S. The van der Waals surface area contributed by atoms with Gasteiger partial charge in [-0.3, -0.25) is 10.1 Å². The number of carbonyl (C=O) groups excluding carboxylic acids is 1. The number of nitrogens with one attached hydrogen (secondary N) is 1. The lowest BCUT2D eigenvalue weighted by molar-refractivity contribution is 0.102. The number of aromatic nitrogens is 4. The number of anilines is 1. The zero-order valence-corrected chi connectivity index (χ0v) is 14.7. The van der Waals surface area contributed by atoms with E-state index in [9.17, 15) is 4.79 Å². The number of thiazole rings is 1. The monoisotopic (exact) mass is 365 g/mol. The Bertz CT molecular complexity index is 1070. The molecule has 3 aromatic heterocycles. The first-order valence-electron chi connectivity index (χ1n) is 7.90. The highest BCUT2D eigenvalue weighted by atomic mass is 32.1. The lowest BCUT2D eigenvalue weighted by atomic mass is 10.1. The third-order valence-electron chi connectivity index (χ3n) is 3.81. The van der Waals surface area contributed by atoms with Gasteiger partial charge in [0.1, 0.15) is 11.3 Å². The van der Waals surface area contributed by atoms with Gasteiger partial charge in [-0.1, -0.05) is 12.1 Å². The Morgan fingerprint density at radius 2 is 2.19 bits per heavy atom. The normalized spacial score (nSPS) is 10.8. The maximum absolute atomic E-state index is 12.5. The van der Waals surface area contributed by atoms with Crippen molar-refractivity contribution in [2.45, 2.75) is 6.42 Å². The first kappa shape index (κ1) is 16.2. The second-order valence-corrected chi connectivity index (χ2v) is 6.68. The summed E-state index contributed by atoms with van der Waals surface area (Å²) in [5.41, 5.74) is 2.05. The number of nitrogens with zero attached hydrogens (tertiary/aromatic N) is 4. The van der Waals surface area contributed by atoms with E-state index in [1.807, 2.05) is 24.3 Å². The van der Waals surface area contributed by atoms with E-state index in [1.165, 1.54) is 17.5 Å². The van der Waals surface area contributed by atoms with Crippen LogP contribution in [0.1, 0.15) is 20.8 Å². The van der Waals surface area contributed by atoms with E-state index in [-0.39, 0.29) is 5.91 Å². The van der Waals surface area contributed by atoms with Gasteiger partial charge in [-0.15, -0.1) is 11.3 Å². The average Bonchev–Trinajstić information content (AvgIpc) is 3.28. The van der Waals surface area contributed by atoms with E-state index in [0.29, 0.717) is 16.3 Å². The minimum absolute atomic E-state index is 0.277. The summed E-state index contributed by atoms with van der Waals surface area (Å²) >= 11 is 1.44. The van der Waals surface area contributed by atoms with Gasteiger partial charge in [0.25, 0.3) is 5.91 Å². The van der Waals surface area contributed by atoms with Gasteiger partial charge in [0.05, 0.1) is 13.3 Å². The van der Waals surface area contributed by atoms with Gasteiger partial charge < -0.3 is 4.74 Å². The highest BCUT2D eigenvalue weighted by Crippen LogP contribution is 2.23. The third kappa shape index (κ3) is 3.27. The molecule has 0 unspecified atom stereocenters. The standard InChI is InChI=1S/C18H15N5O2S/c1-25-13-5-2-4-12(8-13)9-14-10-20-18(26-14)22-17(24)15-11-21-23-7-3-6-19-16(15)23/h2-8,10-11H,9H2,1H3,(H,20,22,24). The van der Waals surface area contributed by atoms with Gasteiger partial charge in [-0.2, -0.15) is 5.10 Å². The van der Waals surface area contributed by atoms with E-state index in [1.54, 1.807) is 36.3 Å². The molecule has 1 aromatic carbocycles. The molecule has 4 rings (SSSR count). The van der Waals surface area contributed by atoms with Crippen LogP contribution >= 0.6 is 11.3 Å². The molecule has 0 aliphatic rings. The Morgan fingerprint density at radius 3 is 3.08 bits per heavy atom. The van der Waals surface area contributed by atoms with Crippen molar-refractivity contribution >= 4 is 28.0 Å². The van der Waals surface area contributed by atoms with Crippen molar-refractivity contribution in [3.8, 4) is 5.75 Å². The van der Waals surface area contributed by atoms with Crippen LogP contribution in [0.3, 0.4) is 0 Å². The molecule has 0 bridgehead atoms. The molecule has 7 nitrogen and oxygen atoms in total. The summed E-state index contributed by atoms with van der Waals surface area (Å²) in [5.74, 6) is 0.544. The topological polar surface area (TPSA) is 81.4 Å². The van der Waals surface area contributed by atoms with E-state index < -0.39 is 0 Å². The maximum Gasteiger partial charge on any atom is 0.262 e. The fourth-order valence-corrected chi connectivity index (χ4v) is 3.42. The van der Waals surface area contributed by atoms with Crippen LogP contribution in [0.2, 0.25) is 0 Å². The molecule has 130 valence electrons. The predicted molar refractivity (Wildman–Crippen MR) is 98.9 cm³/mol. The fourth-order valence-electron chi connectivity index (χ4n) is 2.58. The van der Waals surface area contributed by atoms with Crippen molar-refractivity contribution in [2.24, 2.45) is 0 Å². The van der Waals surface area contributed by atoms with E-state index in [4.69, 9.17) is 4.74 Å². The summed E-state index contributed by atoms with van der Waals surface area (Å²) in [6.07, 6.45) is 7.37. The highest BCUT2D eigenvalue weighted by Gasteiger charge is 2.15. The van der Waals surface area contributed by atoms with Crippen LogP contribution in [-0.4, -0.2) is 32.6 Å². The molecule has 0 atom stereocenters. The third-order valence-corrected chi connectivity index (χ3v) is 4.72. The molecule has 3 heterocycles. The number of methoxy groups -OCH3 is 1. The van der Waals surface area contributed by atoms with Crippen LogP contribution in [-0.2, 0) is 6.42 Å². The van der Waals surface area contributed by atoms with Crippen LogP contribution < -0.4 is 10.1 Å². The van der Waals surface area contributed by atoms with Crippen molar-refractivity contribution < 1.29 is 9.53 Å². The lowest BCUT2D eigenvalue weighted by Crippen LogP contribution is -2.11. The number of fused-ring (bicyclic) bond motifs is 1.